The van der Waals surface area contributed by atoms with Crippen LogP contribution in [0.2, 0.25) is 5.02 Å². The second-order valence-corrected chi connectivity index (χ2v) is 3.58. The van der Waals surface area contributed by atoms with Crippen molar-refractivity contribution in [3.63, 3.8) is 0 Å². The van der Waals surface area contributed by atoms with Crippen LogP contribution in [-0.2, 0) is 0 Å². The number of halogens is 2. The maximum atomic E-state index is 10.7. The number of carbonyl (C=O) groups is 1. The SMILES string of the molecule is O=C(O)c1c(Br)ccc(Cl)c1[N+](=O)[O-]. The maximum Gasteiger partial charge on any atom is 0.343 e. The van der Waals surface area contributed by atoms with E-state index >= 15 is 0 Å². The highest BCUT2D eigenvalue weighted by molar-refractivity contribution is 9.10. The monoisotopic (exact) mass is 279 g/mol. The maximum absolute atomic E-state index is 10.7. The standard InChI is InChI=1S/C7H3BrClNO4/c8-3-1-2-4(9)6(10(13)14)5(3)7(11)12/h1-2H,(H,11,12). The van der Waals surface area contributed by atoms with Crippen molar-refractivity contribution in [3.8, 4) is 0 Å². The van der Waals surface area contributed by atoms with E-state index in [0.717, 1.165) is 0 Å². The molecule has 7 heteroatoms. The largest absolute Gasteiger partial charge is 0.477 e. The quantitative estimate of drug-likeness (QED) is 0.667. The van der Waals surface area contributed by atoms with Gasteiger partial charge in [-0.05, 0) is 28.1 Å². The molecule has 0 aliphatic carbocycles. The molecular weight excluding hydrogens is 277 g/mol. The molecule has 0 radical (unpaired) electrons. The van der Waals surface area contributed by atoms with Crippen LogP contribution >= 0.6 is 27.5 Å². The lowest BCUT2D eigenvalue weighted by Gasteiger charge is -2.01. The summed E-state index contributed by atoms with van der Waals surface area (Å²) in [5.41, 5.74) is -1.05. The lowest BCUT2D eigenvalue weighted by atomic mass is 10.2. The van der Waals surface area contributed by atoms with Gasteiger partial charge >= 0.3 is 11.7 Å². The minimum absolute atomic E-state index is 0.126. The van der Waals surface area contributed by atoms with Crippen LogP contribution in [0, 0.1) is 10.1 Å². The Kier molecular flexibility index (Phi) is 3.07. The summed E-state index contributed by atoms with van der Waals surface area (Å²) in [7, 11) is 0. The van der Waals surface area contributed by atoms with Gasteiger partial charge in [0, 0.05) is 4.47 Å². The van der Waals surface area contributed by atoms with Gasteiger partial charge in [-0.2, -0.15) is 0 Å². The zero-order valence-corrected chi connectivity index (χ0v) is 8.87. The van der Waals surface area contributed by atoms with Gasteiger partial charge in [-0.1, -0.05) is 11.6 Å². The molecule has 1 rings (SSSR count). The van der Waals surface area contributed by atoms with E-state index in [1.807, 2.05) is 0 Å². The molecule has 0 aliphatic rings. The van der Waals surface area contributed by atoms with E-state index < -0.39 is 22.1 Å². The van der Waals surface area contributed by atoms with Crippen molar-refractivity contribution in [3.05, 3.63) is 37.3 Å². The molecule has 14 heavy (non-hydrogen) atoms. The highest BCUT2D eigenvalue weighted by Gasteiger charge is 2.26. The van der Waals surface area contributed by atoms with Gasteiger partial charge in [-0.3, -0.25) is 10.1 Å². The number of carboxylic acids is 1. The number of hydrogen-bond donors (Lipinski definition) is 1. The van der Waals surface area contributed by atoms with Gasteiger partial charge in [0.25, 0.3) is 0 Å². The lowest BCUT2D eigenvalue weighted by Crippen LogP contribution is -2.04. The second kappa shape index (κ2) is 3.93. The summed E-state index contributed by atoms with van der Waals surface area (Å²) in [6.07, 6.45) is 0. The molecule has 0 saturated heterocycles. The first-order valence-corrected chi connectivity index (χ1v) is 4.48. The van der Waals surface area contributed by atoms with Crippen LogP contribution in [0.15, 0.2) is 16.6 Å². The van der Waals surface area contributed by atoms with Crippen molar-refractivity contribution >= 4 is 39.2 Å². The molecule has 5 nitrogen and oxygen atoms in total. The Morgan fingerprint density at radius 3 is 2.50 bits per heavy atom. The van der Waals surface area contributed by atoms with Crippen molar-refractivity contribution in [1.82, 2.24) is 0 Å². The highest BCUT2D eigenvalue weighted by Crippen LogP contribution is 2.33. The normalized spacial score (nSPS) is 9.86. The summed E-state index contributed by atoms with van der Waals surface area (Å²) in [6.45, 7) is 0. The van der Waals surface area contributed by atoms with E-state index in [0.29, 0.717) is 0 Å². The summed E-state index contributed by atoms with van der Waals surface area (Å²) in [5, 5.41) is 19.1. The van der Waals surface area contributed by atoms with Crippen molar-refractivity contribution in [1.29, 1.82) is 0 Å². The van der Waals surface area contributed by atoms with E-state index in [9.17, 15) is 14.9 Å². The Labute approximate surface area is 91.6 Å². The minimum atomic E-state index is -1.40. The first-order valence-electron chi connectivity index (χ1n) is 3.31. The summed E-state index contributed by atoms with van der Waals surface area (Å²) < 4.78 is 0.126. The van der Waals surface area contributed by atoms with E-state index in [2.05, 4.69) is 15.9 Å². The zero-order valence-electron chi connectivity index (χ0n) is 6.53. The minimum Gasteiger partial charge on any atom is -0.477 e. The summed E-state index contributed by atoms with van der Waals surface area (Å²) >= 11 is 8.42. The molecule has 0 heterocycles. The van der Waals surface area contributed by atoms with Gasteiger partial charge in [0.15, 0.2) is 5.56 Å². The lowest BCUT2D eigenvalue weighted by molar-refractivity contribution is -0.385. The second-order valence-electron chi connectivity index (χ2n) is 2.32. The van der Waals surface area contributed by atoms with Crippen molar-refractivity contribution in [2.24, 2.45) is 0 Å². The number of aromatic carboxylic acids is 1. The number of nitro groups is 1. The van der Waals surface area contributed by atoms with Crippen molar-refractivity contribution in [2.45, 2.75) is 0 Å². The molecule has 0 aromatic heterocycles. The number of nitrogens with zero attached hydrogens (tertiary/aromatic N) is 1. The third kappa shape index (κ3) is 1.85. The average molecular weight is 280 g/mol. The Morgan fingerprint density at radius 1 is 1.57 bits per heavy atom. The van der Waals surface area contributed by atoms with Gasteiger partial charge in [0.2, 0.25) is 0 Å². The molecule has 0 bridgehead atoms. The fraction of sp³-hybridized carbons (Fsp3) is 0. The topological polar surface area (TPSA) is 80.4 Å². The van der Waals surface area contributed by atoms with Crippen LogP contribution in [0.5, 0.6) is 0 Å². The molecule has 0 aliphatic heterocycles. The van der Waals surface area contributed by atoms with Crippen LogP contribution in [0.1, 0.15) is 10.4 Å². The van der Waals surface area contributed by atoms with E-state index in [1.165, 1.54) is 12.1 Å². The number of hydrogen-bond acceptors (Lipinski definition) is 3. The Hall–Kier alpha value is -1.14. The first-order chi connectivity index (χ1) is 6.45. The molecule has 0 spiro atoms. The van der Waals surface area contributed by atoms with Gasteiger partial charge in [-0.15, -0.1) is 0 Å². The molecule has 0 fully saturated rings. The van der Waals surface area contributed by atoms with Gasteiger partial charge < -0.3 is 5.11 Å². The molecule has 0 atom stereocenters. The molecule has 1 aromatic rings. The molecule has 0 amide bonds. The molecular formula is C7H3BrClNO4. The number of carboxylic acid groups (broad SMARTS) is 1. The third-order valence-corrected chi connectivity index (χ3v) is 2.44. The summed E-state index contributed by atoms with van der Waals surface area (Å²) in [5.74, 6) is -1.40. The molecule has 1 N–H and O–H groups in total. The molecule has 1 aromatic carbocycles. The van der Waals surface area contributed by atoms with Crippen molar-refractivity contribution in [2.75, 3.05) is 0 Å². The Bertz CT molecular complexity index is 381. The Morgan fingerprint density at radius 2 is 2.14 bits per heavy atom. The van der Waals surface area contributed by atoms with Crippen LogP contribution in [0.3, 0.4) is 0 Å². The average Bonchev–Trinajstić information content (AvgIpc) is 2.07. The van der Waals surface area contributed by atoms with E-state index in [4.69, 9.17) is 16.7 Å². The van der Waals surface area contributed by atoms with Crippen LogP contribution in [-0.4, -0.2) is 16.0 Å². The van der Waals surface area contributed by atoms with Gasteiger partial charge in [0.05, 0.1) is 4.92 Å². The summed E-state index contributed by atoms with van der Waals surface area (Å²) in [6, 6.07) is 2.61. The van der Waals surface area contributed by atoms with Crippen LogP contribution in [0.25, 0.3) is 0 Å². The zero-order chi connectivity index (χ0) is 10.9. The number of nitro benzene ring substituents is 1. The van der Waals surface area contributed by atoms with Crippen LogP contribution in [0.4, 0.5) is 5.69 Å². The third-order valence-electron chi connectivity index (χ3n) is 1.47. The smallest absolute Gasteiger partial charge is 0.343 e. The van der Waals surface area contributed by atoms with Gasteiger partial charge in [-0.25, -0.2) is 4.79 Å². The van der Waals surface area contributed by atoms with Crippen LogP contribution < -0.4 is 0 Å². The van der Waals surface area contributed by atoms with Gasteiger partial charge in [0.1, 0.15) is 5.02 Å². The first kappa shape index (κ1) is 10.9. The van der Waals surface area contributed by atoms with E-state index in [-0.39, 0.29) is 9.50 Å². The molecule has 0 saturated carbocycles. The fourth-order valence-corrected chi connectivity index (χ4v) is 1.64. The highest BCUT2D eigenvalue weighted by atomic mass is 79.9. The predicted octanol–water partition coefficient (Wildman–Crippen LogP) is 2.71. The molecule has 74 valence electrons. The van der Waals surface area contributed by atoms with E-state index in [1.54, 1.807) is 0 Å². The predicted molar refractivity (Wildman–Crippen MR) is 52.8 cm³/mol. The fourth-order valence-electron chi connectivity index (χ4n) is 0.923. The Balaban J connectivity index is 3.58. The number of benzene rings is 1. The van der Waals surface area contributed by atoms with Crippen molar-refractivity contribution < 1.29 is 14.8 Å². The summed E-state index contributed by atoms with van der Waals surface area (Å²) in [4.78, 5) is 20.4. The number of rotatable bonds is 2. The molecule has 0 unspecified atom stereocenters.